The zero-order valence-corrected chi connectivity index (χ0v) is 23.4. The van der Waals surface area contributed by atoms with Gasteiger partial charge in [-0.2, -0.15) is 0 Å². The first-order chi connectivity index (χ1) is 20.5. The molecule has 3 N–H and O–H groups in total. The van der Waals surface area contributed by atoms with E-state index < -0.39 is 17.1 Å². The average molecular weight is 589 g/mol. The molecule has 0 aliphatic carbocycles. The number of hydrogen-bond acceptors (Lipinski definition) is 12. The molecule has 3 atom stereocenters. The summed E-state index contributed by atoms with van der Waals surface area (Å²) in [6.07, 6.45) is 2.84. The summed E-state index contributed by atoms with van der Waals surface area (Å²) in [6.45, 7) is 4.38. The lowest BCUT2D eigenvalue weighted by Crippen LogP contribution is -2.40. The Balaban J connectivity index is 1.42. The minimum atomic E-state index is -0.701. The fraction of sp³-hybridized carbons (Fsp3) is 0.500. The molecule has 228 valence electrons. The van der Waals surface area contributed by atoms with Gasteiger partial charge >= 0.3 is 0 Å². The summed E-state index contributed by atoms with van der Waals surface area (Å²) < 4.78 is 34.1. The first-order valence-corrected chi connectivity index (χ1v) is 13.8. The zero-order valence-electron chi connectivity index (χ0n) is 23.4. The fourth-order valence-electron chi connectivity index (χ4n) is 4.60. The molecule has 14 nitrogen and oxygen atoms in total. The summed E-state index contributed by atoms with van der Waals surface area (Å²) in [5.74, 6) is 1.06. The van der Waals surface area contributed by atoms with Crippen LogP contribution in [0.4, 0.5) is 11.5 Å². The molecule has 0 bridgehead atoms. The Morgan fingerprint density at radius 3 is 2.67 bits per heavy atom. The fourth-order valence-corrected chi connectivity index (χ4v) is 4.60. The molecule has 0 saturated heterocycles. The maximum absolute atomic E-state index is 13.2. The number of fused-ring (bicyclic) bond motifs is 1. The summed E-state index contributed by atoms with van der Waals surface area (Å²) >= 11 is 0. The molecule has 4 rings (SSSR count). The smallest absolute Gasteiger partial charge is 0.287 e. The van der Waals surface area contributed by atoms with E-state index in [1.165, 1.54) is 12.1 Å². The van der Waals surface area contributed by atoms with Crippen molar-refractivity contribution >= 4 is 17.4 Å². The summed E-state index contributed by atoms with van der Waals surface area (Å²) in [6, 6.07) is 8.55. The lowest BCUT2D eigenvalue weighted by Gasteiger charge is -2.37. The minimum Gasteiger partial charge on any atom is -0.459 e. The molecule has 1 aromatic heterocycles. The van der Waals surface area contributed by atoms with Gasteiger partial charge < -0.3 is 44.2 Å². The topological polar surface area (TPSA) is 173 Å². The van der Waals surface area contributed by atoms with Gasteiger partial charge in [0.05, 0.1) is 31.4 Å². The largest absolute Gasteiger partial charge is 0.459 e. The van der Waals surface area contributed by atoms with Crippen molar-refractivity contribution in [1.82, 2.24) is 10.3 Å². The van der Waals surface area contributed by atoms with E-state index >= 15 is 0 Å². The third kappa shape index (κ3) is 8.52. The van der Waals surface area contributed by atoms with Crippen LogP contribution in [0.2, 0.25) is 0 Å². The molecule has 0 radical (unpaired) electrons. The number of hydrogen-bond donors (Lipinski definition) is 3. The molecule has 0 fully saturated rings. The van der Waals surface area contributed by atoms with Gasteiger partial charge in [0.2, 0.25) is 13.1 Å². The number of aromatic nitrogens is 1. The van der Waals surface area contributed by atoms with Crippen LogP contribution in [0.5, 0.6) is 11.5 Å². The van der Waals surface area contributed by atoms with E-state index in [1.807, 2.05) is 25.1 Å². The third-order valence-electron chi connectivity index (χ3n) is 6.60. The number of allylic oxidation sites excluding steroid dienone is 1. The number of carbonyl (C=O) groups is 1. The number of anilines is 1. The van der Waals surface area contributed by atoms with E-state index in [0.29, 0.717) is 56.7 Å². The molecule has 1 aromatic carbocycles. The number of nitrogens with one attached hydrogen (secondary N) is 2. The van der Waals surface area contributed by atoms with Crippen LogP contribution in [0.25, 0.3) is 0 Å². The van der Waals surface area contributed by atoms with Crippen molar-refractivity contribution < 1.29 is 43.2 Å². The Labute approximate surface area is 243 Å². The van der Waals surface area contributed by atoms with Gasteiger partial charge in [0.15, 0.2) is 17.3 Å². The monoisotopic (exact) mass is 588 g/mol. The lowest BCUT2D eigenvalue weighted by molar-refractivity contribution is -0.385. The maximum atomic E-state index is 13.2. The normalized spacial score (nSPS) is 19.1. The Kier molecular flexibility index (Phi) is 11.7. The lowest BCUT2D eigenvalue weighted by atomic mass is 9.81. The van der Waals surface area contributed by atoms with Gasteiger partial charge in [-0.25, -0.2) is 4.98 Å². The quantitative estimate of drug-likeness (QED) is 0.140. The van der Waals surface area contributed by atoms with Crippen molar-refractivity contribution in [2.75, 3.05) is 64.8 Å². The molecule has 42 heavy (non-hydrogen) atoms. The highest BCUT2D eigenvalue weighted by Crippen LogP contribution is 2.42. The predicted molar refractivity (Wildman–Crippen MR) is 149 cm³/mol. The summed E-state index contributed by atoms with van der Waals surface area (Å²) in [4.78, 5) is 27.4. The molecule has 3 unspecified atom stereocenters. The van der Waals surface area contributed by atoms with E-state index in [9.17, 15) is 14.9 Å². The summed E-state index contributed by atoms with van der Waals surface area (Å²) in [5.41, 5.74) is 0.813. The number of aliphatic hydroxyl groups excluding tert-OH is 1. The van der Waals surface area contributed by atoms with E-state index in [0.717, 1.165) is 11.8 Å². The van der Waals surface area contributed by atoms with Crippen molar-refractivity contribution in [1.29, 1.82) is 0 Å². The molecule has 1 amide bonds. The number of ether oxygens (including phenoxy) is 6. The van der Waals surface area contributed by atoms with Crippen LogP contribution in [0, 0.1) is 16.0 Å². The van der Waals surface area contributed by atoms with E-state index in [1.54, 1.807) is 6.08 Å². The van der Waals surface area contributed by atoms with Gasteiger partial charge in [0.25, 0.3) is 11.6 Å². The molecule has 2 aromatic rings. The molecule has 2 aliphatic heterocycles. The third-order valence-corrected chi connectivity index (χ3v) is 6.60. The van der Waals surface area contributed by atoms with Gasteiger partial charge in [-0.05, 0) is 43.2 Å². The molecule has 0 spiro atoms. The maximum Gasteiger partial charge on any atom is 0.287 e. The minimum absolute atomic E-state index is 0.0393. The van der Waals surface area contributed by atoms with Gasteiger partial charge in [0, 0.05) is 44.2 Å². The van der Waals surface area contributed by atoms with Crippen LogP contribution in [0.1, 0.15) is 24.8 Å². The van der Waals surface area contributed by atoms with Crippen LogP contribution in [0.15, 0.2) is 48.4 Å². The Bertz CT molecular complexity index is 1210. The number of rotatable bonds is 17. The van der Waals surface area contributed by atoms with Gasteiger partial charge in [0.1, 0.15) is 12.0 Å². The van der Waals surface area contributed by atoms with Crippen LogP contribution in [-0.2, 0) is 23.7 Å². The van der Waals surface area contributed by atoms with Gasteiger partial charge in [-0.1, -0.05) is 6.07 Å². The van der Waals surface area contributed by atoms with Crippen LogP contribution < -0.4 is 20.1 Å². The number of pyridine rings is 1. The zero-order chi connectivity index (χ0) is 29.7. The Morgan fingerprint density at radius 1 is 1.12 bits per heavy atom. The Hall–Kier alpha value is -3.98. The average Bonchev–Trinajstić information content (AvgIpc) is 3.47. The van der Waals surface area contributed by atoms with Crippen molar-refractivity contribution in [3.05, 3.63) is 64.0 Å². The first-order valence-electron chi connectivity index (χ1n) is 13.8. The van der Waals surface area contributed by atoms with Crippen LogP contribution in [-0.4, -0.2) is 86.7 Å². The van der Waals surface area contributed by atoms with Gasteiger partial charge in [-0.15, -0.1) is 0 Å². The number of benzene rings is 1. The molecular formula is C28H36N4O10. The molecule has 14 heteroatoms. The second-order valence-electron chi connectivity index (χ2n) is 9.35. The van der Waals surface area contributed by atoms with E-state index in [-0.39, 0.29) is 49.8 Å². The Morgan fingerprint density at radius 2 is 1.93 bits per heavy atom. The van der Waals surface area contributed by atoms with Crippen LogP contribution >= 0.6 is 0 Å². The highest BCUT2D eigenvalue weighted by atomic mass is 16.7. The standard InChI is InChI=1S/C28H36N4O10/c1-2-39-28-21(7-11-37-13-14-38-12-10-33)22(19-3-5-23-24(15-19)41-18-40-23)16-25(42-28)27(34)30-9-8-29-26-6-4-20(17-31-26)32(35)36/h3-6,15-17,21-22,28,33H,2,7-14,18H2,1H3,(H,29,31)(H,30,34). The number of carbonyl (C=O) groups excluding carboxylic acids is 1. The van der Waals surface area contributed by atoms with Crippen LogP contribution in [0.3, 0.4) is 0 Å². The molecular weight excluding hydrogens is 552 g/mol. The second kappa shape index (κ2) is 15.9. The summed E-state index contributed by atoms with van der Waals surface area (Å²) in [7, 11) is 0. The molecule has 2 aliphatic rings. The van der Waals surface area contributed by atoms with Gasteiger partial charge in [-0.3, -0.25) is 14.9 Å². The number of amides is 1. The first kappa shape index (κ1) is 31.0. The SMILES string of the molecule is CCOC1OC(C(=O)NCCNc2ccc([N+](=O)[O-])cn2)=CC(c2ccc3c(c2)OCO3)C1CCOCCOCCO. The van der Waals surface area contributed by atoms with E-state index in [4.69, 9.17) is 33.5 Å². The van der Waals surface area contributed by atoms with Crippen molar-refractivity contribution in [3.63, 3.8) is 0 Å². The van der Waals surface area contributed by atoms with Crippen molar-refractivity contribution in [3.8, 4) is 11.5 Å². The second-order valence-corrected chi connectivity index (χ2v) is 9.35. The van der Waals surface area contributed by atoms with Crippen molar-refractivity contribution in [2.24, 2.45) is 5.92 Å². The van der Waals surface area contributed by atoms with Crippen molar-refractivity contribution in [2.45, 2.75) is 25.6 Å². The predicted octanol–water partition coefficient (Wildman–Crippen LogP) is 2.34. The summed E-state index contributed by atoms with van der Waals surface area (Å²) in [5, 5.41) is 25.5. The highest BCUT2D eigenvalue weighted by molar-refractivity contribution is 5.91. The number of aliphatic hydroxyl groups is 1. The van der Waals surface area contributed by atoms with E-state index in [2.05, 4.69) is 15.6 Å². The highest BCUT2D eigenvalue weighted by Gasteiger charge is 2.38. The molecule has 0 saturated carbocycles. The number of nitrogens with zero attached hydrogens (tertiary/aromatic N) is 2. The molecule has 3 heterocycles. The number of nitro groups is 1.